The highest BCUT2D eigenvalue weighted by Gasteiger charge is 2.55. The molecule has 0 bridgehead atoms. The molecule has 0 spiro atoms. The third-order valence-electron chi connectivity index (χ3n) is 2.87. The Labute approximate surface area is 64.8 Å². The highest BCUT2D eigenvalue weighted by atomic mass is 16.4. The number of hydrogen-bond acceptors (Lipinski definition) is 4. The second-order valence-electron chi connectivity index (χ2n) is 3.50. The van der Waals surface area contributed by atoms with Crippen LogP contribution in [0.15, 0.2) is 0 Å². The Balaban J connectivity index is 2.23. The van der Waals surface area contributed by atoms with E-state index in [0.29, 0.717) is 19.4 Å². The van der Waals surface area contributed by atoms with E-state index in [0.717, 1.165) is 0 Å². The molecule has 1 heterocycles. The van der Waals surface area contributed by atoms with Crippen LogP contribution in [0.25, 0.3) is 0 Å². The smallest absolute Gasteiger partial charge is 0.110 e. The Morgan fingerprint density at radius 3 is 2.73 bits per heavy atom. The maximum absolute atomic E-state index is 9.80. The van der Waals surface area contributed by atoms with E-state index in [-0.39, 0.29) is 6.04 Å². The van der Waals surface area contributed by atoms with Gasteiger partial charge in [-0.2, -0.15) is 0 Å². The highest BCUT2D eigenvalue weighted by molar-refractivity contribution is 5.11. The monoisotopic (exact) mass is 159 g/mol. The number of aliphatic hydroxyl groups excluding tert-OH is 2. The summed E-state index contributed by atoms with van der Waals surface area (Å²) in [4.78, 5) is 0. The van der Waals surface area contributed by atoms with Crippen LogP contribution in [0.3, 0.4) is 0 Å². The van der Waals surface area contributed by atoms with Crippen LogP contribution < -0.4 is 5.32 Å². The molecular formula is C7H13NO3. The van der Waals surface area contributed by atoms with Crippen molar-refractivity contribution in [2.45, 2.75) is 36.7 Å². The van der Waals surface area contributed by atoms with Gasteiger partial charge in [-0.3, -0.25) is 0 Å². The molecule has 4 unspecified atom stereocenters. The molecule has 0 amide bonds. The normalized spacial score (nSPS) is 56.5. The number of aliphatic hydroxyl groups is 3. The van der Waals surface area contributed by atoms with Crippen LogP contribution >= 0.6 is 0 Å². The molecule has 11 heavy (non-hydrogen) atoms. The number of nitrogens with one attached hydrogen (secondary N) is 1. The maximum atomic E-state index is 9.80. The molecule has 1 aliphatic heterocycles. The van der Waals surface area contributed by atoms with Gasteiger partial charge >= 0.3 is 0 Å². The molecule has 4 N–H and O–H groups in total. The Kier molecular flexibility index (Phi) is 1.47. The predicted octanol–water partition coefficient (Wildman–Crippen LogP) is -1.80. The molecule has 64 valence electrons. The summed E-state index contributed by atoms with van der Waals surface area (Å²) >= 11 is 0. The molecule has 1 saturated heterocycles. The second-order valence-corrected chi connectivity index (χ2v) is 3.50. The van der Waals surface area contributed by atoms with Crippen molar-refractivity contribution in [1.29, 1.82) is 0 Å². The van der Waals surface area contributed by atoms with Gasteiger partial charge in [-0.05, 0) is 12.8 Å². The molecule has 4 heteroatoms. The molecule has 4 atom stereocenters. The summed E-state index contributed by atoms with van der Waals surface area (Å²) in [6.07, 6.45) is -0.153. The van der Waals surface area contributed by atoms with E-state index in [1.165, 1.54) is 0 Å². The molecule has 2 aliphatic rings. The van der Waals surface area contributed by atoms with Gasteiger partial charge in [-0.1, -0.05) is 0 Å². The van der Waals surface area contributed by atoms with Gasteiger partial charge in [0.05, 0.1) is 18.2 Å². The molecule has 0 aromatic rings. The third-order valence-corrected chi connectivity index (χ3v) is 2.87. The zero-order valence-electron chi connectivity index (χ0n) is 6.20. The largest absolute Gasteiger partial charge is 0.391 e. The molecule has 1 aliphatic carbocycles. The van der Waals surface area contributed by atoms with Crippen LogP contribution in [0.1, 0.15) is 12.8 Å². The van der Waals surface area contributed by atoms with Gasteiger partial charge in [-0.15, -0.1) is 0 Å². The van der Waals surface area contributed by atoms with Crippen molar-refractivity contribution in [3.05, 3.63) is 0 Å². The zero-order chi connectivity index (χ0) is 8.06. The van der Waals surface area contributed by atoms with Crippen LogP contribution in [0.5, 0.6) is 0 Å². The van der Waals surface area contributed by atoms with Crippen molar-refractivity contribution in [2.24, 2.45) is 0 Å². The van der Waals surface area contributed by atoms with Gasteiger partial charge < -0.3 is 20.6 Å². The van der Waals surface area contributed by atoms with Crippen molar-refractivity contribution < 1.29 is 15.3 Å². The molecule has 0 radical (unpaired) electrons. The van der Waals surface area contributed by atoms with Crippen molar-refractivity contribution in [2.75, 3.05) is 6.54 Å². The van der Waals surface area contributed by atoms with Crippen molar-refractivity contribution in [3.8, 4) is 0 Å². The molecule has 0 aromatic heterocycles. The van der Waals surface area contributed by atoms with Crippen molar-refractivity contribution in [3.63, 3.8) is 0 Å². The fourth-order valence-corrected chi connectivity index (χ4v) is 2.14. The summed E-state index contributed by atoms with van der Waals surface area (Å²) in [5.74, 6) is 0. The van der Waals surface area contributed by atoms with E-state index in [9.17, 15) is 15.3 Å². The topological polar surface area (TPSA) is 72.7 Å². The molecule has 1 saturated carbocycles. The fourth-order valence-electron chi connectivity index (χ4n) is 2.14. The number of hydrogen-bond donors (Lipinski definition) is 4. The average molecular weight is 159 g/mol. The first kappa shape index (κ1) is 7.49. The van der Waals surface area contributed by atoms with Gasteiger partial charge in [0.1, 0.15) is 5.60 Å². The van der Waals surface area contributed by atoms with Gasteiger partial charge in [0.25, 0.3) is 0 Å². The summed E-state index contributed by atoms with van der Waals surface area (Å²) in [7, 11) is 0. The SMILES string of the molecule is OC1CCC2(O)C(O)CNC12. The highest BCUT2D eigenvalue weighted by Crippen LogP contribution is 2.36. The maximum Gasteiger partial charge on any atom is 0.110 e. The van der Waals surface area contributed by atoms with Crippen molar-refractivity contribution in [1.82, 2.24) is 5.32 Å². The molecule has 2 rings (SSSR count). The molecule has 0 aromatic carbocycles. The van der Waals surface area contributed by atoms with E-state index in [1.54, 1.807) is 0 Å². The van der Waals surface area contributed by atoms with Crippen LogP contribution in [-0.4, -0.2) is 45.7 Å². The van der Waals surface area contributed by atoms with Gasteiger partial charge in [-0.25, -0.2) is 0 Å². The van der Waals surface area contributed by atoms with Crippen LogP contribution in [0.2, 0.25) is 0 Å². The number of β-amino-alcohol motifs (C(OH)–C–C–N with tert-alkyl or cyclic N) is 1. The number of rotatable bonds is 0. The standard InChI is InChI=1S/C7H13NO3/c9-4-1-2-7(11)5(10)3-8-6(4)7/h4-6,8-11H,1-3H2. The Morgan fingerprint density at radius 1 is 1.36 bits per heavy atom. The van der Waals surface area contributed by atoms with Crippen molar-refractivity contribution >= 4 is 0 Å². The fraction of sp³-hybridized carbons (Fsp3) is 1.00. The Hall–Kier alpha value is -0.160. The van der Waals surface area contributed by atoms with E-state index >= 15 is 0 Å². The lowest BCUT2D eigenvalue weighted by Gasteiger charge is -2.25. The lowest BCUT2D eigenvalue weighted by atomic mass is 9.95. The summed E-state index contributed by atoms with van der Waals surface area (Å²) in [5, 5.41) is 31.4. The first-order valence-electron chi connectivity index (χ1n) is 3.96. The quantitative estimate of drug-likeness (QED) is 0.337. The molecule has 2 fully saturated rings. The van der Waals surface area contributed by atoms with E-state index < -0.39 is 17.8 Å². The molecular weight excluding hydrogens is 146 g/mol. The summed E-state index contributed by atoms with van der Waals surface area (Å²) in [6.45, 7) is 0.387. The minimum atomic E-state index is -1.07. The first-order chi connectivity index (χ1) is 5.14. The summed E-state index contributed by atoms with van der Waals surface area (Å²) in [6, 6.07) is -0.322. The van der Waals surface area contributed by atoms with Crippen LogP contribution in [0, 0.1) is 0 Å². The summed E-state index contributed by atoms with van der Waals surface area (Å²) in [5.41, 5.74) is -1.07. The third kappa shape index (κ3) is 0.840. The second kappa shape index (κ2) is 2.17. The van der Waals surface area contributed by atoms with E-state index in [1.807, 2.05) is 0 Å². The minimum absolute atomic E-state index is 0.322. The van der Waals surface area contributed by atoms with Gasteiger partial charge in [0.15, 0.2) is 0 Å². The summed E-state index contributed by atoms with van der Waals surface area (Å²) < 4.78 is 0. The Bertz CT molecular complexity index is 175. The molecule has 4 nitrogen and oxygen atoms in total. The lowest BCUT2D eigenvalue weighted by Crippen LogP contribution is -2.47. The zero-order valence-corrected chi connectivity index (χ0v) is 6.20. The van der Waals surface area contributed by atoms with Gasteiger partial charge in [0.2, 0.25) is 0 Å². The van der Waals surface area contributed by atoms with Crippen LogP contribution in [-0.2, 0) is 0 Å². The van der Waals surface area contributed by atoms with Crippen LogP contribution in [0.4, 0.5) is 0 Å². The predicted molar refractivity (Wildman–Crippen MR) is 38.0 cm³/mol. The lowest BCUT2D eigenvalue weighted by molar-refractivity contribution is -0.0554. The number of fused-ring (bicyclic) bond motifs is 1. The van der Waals surface area contributed by atoms with E-state index in [2.05, 4.69) is 5.32 Å². The minimum Gasteiger partial charge on any atom is -0.391 e. The van der Waals surface area contributed by atoms with E-state index in [4.69, 9.17) is 0 Å². The Morgan fingerprint density at radius 2 is 2.09 bits per heavy atom. The first-order valence-corrected chi connectivity index (χ1v) is 3.96. The van der Waals surface area contributed by atoms with Gasteiger partial charge in [0, 0.05) is 6.54 Å². The average Bonchev–Trinajstić information content (AvgIpc) is 2.39.